The van der Waals surface area contributed by atoms with Crippen LogP contribution in [0.25, 0.3) is 22.4 Å². The van der Waals surface area contributed by atoms with E-state index in [1.54, 1.807) is 19.3 Å². The van der Waals surface area contributed by atoms with E-state index in [0.717, 1.165) is 46.9 Å². The van der Waals surface area contributed by atoms with Gasteiger partial charge in [0.1, 0.15) is 30.3 Å². The minimum atomic E-state index is -0.714. The lowest BCUT2D eigenvalue weighted by atomic mass is 9.94. The molecule has 1 aromatic heterocycles. The molecule has 0 bridgehead atoms. The van der Waals surface area contributed by atoms with Gasteiger partial charge in [-0.25, -0.2) is 9.97 Å². The van der Waals surface area contributed by atoms with E-state index in [2.05, 4.69) is 32.3 Å². The van der Waals surface area contributed by atoms with E-state index < -0.39 is 12.0 Å². The summed E-state index contributed by atoms with van der Waals surface area (Å²) < 4.78 is 11.5. The van der Waals surface area contributed by atoms with E-state index in [-0.39, 0.29) is 0 Å². The average molecular weight is 434 g/mol. The highest BCUT2D eigenvalue weighted by molar-refractivity contribution is 5.81. The van der Waals surface area contributed by atoms with E-state index in [0.29, 0.717) is 18.1 Å². The standard InChI is InChI=1S/C24H27N5O3/c1-15(24(25)30)32-18-6-7-19-20-10-16(4-5-17(20)13-31-22(19)11-18)21-12-23(28-14-27-21)26-8-9-29(2)3/h4-7,10-12,14-15H,8-9,13H2,1-3H3,(H2,25,30)(H,26,27,28)/t15-/m0/s1. The van der Waals surface area contributed by atoms with Crippen LogP contribution in [0.3, 0.4) is 0 Å². The van der Waals surface area contributed by atoms with E-state index in [1.807, 2.05) is 38.4 Å². The Hall–Kier alpha value is -3.65. The molecule has 2 aromatic carbocycles. The number of aromatic nitrogens is 2. The van der Waals surface area contributed by atoms with Crippen LogP contribution in [0.5, 0.6) is 11.5 Å². The number of fused-ring (bicyclic) bond motifs is 3. The van der Waals surface area contributed by atoms with Crippen molar-refractivity contribution in [1.29, 1.82) is 0 Å². The lowest BCUT2D eigenvalue weighted by molar-refractivity contribution is -0.123. The normalized spacial score (nSPS) is 13.0. The van der Waals surface area contributed by atoms with Gasteiger partial charge in [0.2, 0.25) is 0 Å². The Kier molecular flexibility index (Phi) is 6.23. The topological polar surface area (TPSA) is 103 Å². The number of benzene rings is 2. The highest BCUT2D eigenvalue weighted by Gasteiger charge is 2.20. The third kappa shape index (κ3) is 4.81. The van der Waals surface area contributed by atoms with Gasteiger partial charge in [-0.3, -0.25) is 4.79 Å². The number of nitrogens with two attached hydrogens (primary N) is 1. The molecule has 0 spiro atoms. The molecular weight excluding hydrogens is 406 g/mol. The van der Waals surface area contributed by atoms with Crippen LogP contribution in [-0.4, -0.2) is 54.1 Å². The van der Waals surface area contributed by atoms with Gasteiger partial charge < -0.3 is 25.4 Å². The second-order valence-corrected chi connectivity index (χ2v) is 8.00. The van der Waals surface area contributed by atoms with E-state index in [1.165, 1.54) is 0 Å². The van der Waals surface area contributed by atoms with Gasteiger partial charge in [0.15, 0.2) is 6.10 Å². The molecular formula is C24H27N5O3. The maximum absolute atomic E-state index is 11.3. The minimum Gasteiger partial charge on any atom is -0.488 e. The summed E-state index contributed by atoms with van der Waals surface area (Å²) in [6, 6.07) is 13.7. The SMILES string of the molecule is C[C@H](Oc1ccc2c(c1)OCc1ccc(-c3cc(NCCN(C)C)ncn3)cc1-2)C(N)=O. The minimum absolute atomic E-state index is 0.457. The van der Waals surface area contributed by atoms with Crippen molar-refractivity contribution in [1.82, 2.24) is 14.9 Å². The van der Waals surface area contributed by atoms with Crippen molar-refractivity contribution in [3.05, 3.63) is 54.4 Å². The second kappa shape index (κ2) is 9.23. The zero-order valence-corrected chi connectivity index (χ0v) is 18.5. The number of carbonyl (C=O) groups excluding carboxylic acids is 1. The van der Waals surface area contributed by atoms with Crippen LogP contribution in [-0.2, 0) is 11.4 Å². The van der Waals surface area contributed by atoms with Crippen LogP contribution >= 0.6 is 0 Å². The largest absolute Gasteiger partial charge is 0.488 e. The molecule has 0 saturated heterocycles. The van der Waals surface area contributed by atoms with Crippen molar-refractivity contribution in [2.45, 2.75) is 19.6 Å². The molecule has 1 amide bonds. The van der Waals surface area contributed by atoms with Gasteiger partial charge >= 0.3 is 0 Å². The number of primary amides is 1. The highest BCUT2D eigenvalue weighted by Crippen LogP contribution is 2.41. The Balaban J connectivity index is 1.60. The van der Waals surface area contributed by atoms with Crippen LogP contribution in [0, 0.1) is 0 Å². The number of amides is 1. The van der Waals surface area contributed by atoms with Gasteiger partial charge in [0, 0.05) is 36.3 Å². The molecule has 3 N–H and O–H groups in total. The predicted octanol–water partition coefficient (Wildman–Crippen LogP) is 2.93. The fraction of sp³-hybridized carbons (Fsp3) is 0.292. The Morgan fingerprint density at radius 2 is 2.03 bits per heavy atom. The Morgan fingerprint density at radius 1 is 1.19 bits per heavy atom. The average Bonchev–Trinajstić information content (AvgIpc) is 2.78. The fourth-order valence-electron chi connectivity index (χ4n) is 3.47. The summed E-state index contributed by atoms with van der Waals surface area (Å²) in [4.78, 5) is 22.2. The number of anilines is 1. The summed E-state index contributed by atoms with van der Waals surface area (Å²) in [5, 5.41) is 3.33. The lowest BCUT2D eigenvalue weighted by Gasteiger charge is -2.22. The monoisotopic (exact) mass is 433 g/mol. The molecule has 1 atom stereocenters. The van der Waals surface area contributed by atoms with Crippen molar-refractivity contribution in [2.24, 2.45) is 5.73 Å². The van der Waals surface area contributed by atoms with Crippen LogP contribution < -0.4 is 20.5 Å². The number of carbonyl (C=O) groups is 1. The zero-order chi connectivity index (χ0) is 22.7. The number of likely N-dealkylation sites (N-methyl/N-ethyl adjacent to an activating group) is 1. The number of nitrogens with zero attached hydrogens (tertiary/aromatic N) is 3. The van der Waals surface area contributed by atoms with E-state index >= 15 is 0 Å². The first-order chi connectivity index (χ1) is 15.4. The molecule has 0 unspecified atom stereocenters. The number of nitrogens with one attached hydrogen (secondary N) is 1. The quantitative estimate of drug-likeness (QED) is 0.563. The number of hydrogen-bond acceptors (Lipinski definition) is 7. The Morgan fingerprint density at radius 3 is 2.81 bits per heavy atom. The maximum Gasteiger partial charge on any atom is 0.258 e. The smallest absolute Gasteiger partial charge is 0.258 e. The Bertz CT molecular complexity index is 1130. The molecule has 8 heteroatoms. The van der Waals surface area contributed by atoms with Crippen molar-refractivity contribution < 1.29 is 14.3 Å². The maximum atomic E-state index is 11.3. The molecule has 0 saturated carbocycles. The third-order valence-electron chi connectivity index (χ3n) is 5.28. The van der Waals surface area contributed by atoms with Gasteiger partial charge in [-0.05, 0) is 50.3 Å². The molecule has 8 nitrogen and oxygen atoms in total. The van der Waals surface area contributed by atoms with Crippen molar-refractivity contribution in [3.63, 3.8) is 0 Å². The molecule has 1 aliphatic heterocycles. The van der Waals surface area contributed by atoms with Gasteiger partial charge in [-0.1, -0.05) is 12.1 Å². The van der Waals surface area contributed by atoms with Gasteiger partial charge in [0.25, 0.3) is 5.91 Å². The molecule has 0 fully saturated rings. The van der Waals surface area contributed by atoms with Crippen molar-refractivity contribution >= 4 is 11.7 Å². The van der Waals surface area contributed by atoms with Crippen LogP contribution in [0.4, 0.5) is 5.82 Å². The molecule has 4 rings (SSSR count). The van der Waals surface area contributed by atoms with Crippen molar-refractivity contribution in [2.75, 3.05) is 32.5 Å². The van der Waals surface area contributed by atoms with Gasteiger partial charge in [-0.2, -0.15) is 0 Å². The highest BCUT2D eigenvalue weighted by atomic mass is 16.5. The fourth-order valence-corrected chi connectivity index (χ4v) is 3.47. The molecule has 1 aliphatic rings. The molecule has 2 heterocycles. The third-order valence-corrected chi connectivity index (χ3v) is 5.28. The first-order valence-corrected chi connectivity index (χ1v) is 10.5. The first-order valence-electron chi connectivity index (χ1n) is 10.5. The summed E-state index contributed by atoms with van der Waals surface area (Å²) in [5.74, 6) is 1.53. The summed E-state index contributed by atoms with van der Waals surface area (Å²) >= 11 is 0. The molecule has 32 heavy (non-hydrogen) atoms. The molecule has 166 valence electrons. The summed E-state index contributed by atoms with van der Waals surface area (Å²) in [6.07, 6.45) is 0.863. The number of hydrogen-bond donors (Lipinski definition) is 2. The van der Waals surface area contributed by atoms with Crippen molar-refractivity contribution in [3.8, 4) is 33.9 Å². The van der Waals surface area contributed by atoms with E-state index in [9.17, 15) is 4.79 Å². The first kappa shape index (κ1) is 21.6. The molecule has 3 aromatic rings. The molecule has 0 aliphatic carbocycles. The number of ether oxygens (including phenoxy) is 2. The zero-order valence-electron chi connectivity index (χ0n) is 18.5. The Labute approximate surface area is 187 Å². The van der Waals surface area contributed by atoms with Crippen LogP contribution in [0.15, 0.2) is 48.8 Å². The summed E-state index contributed by atoms with van der Waals surface area (Å²) in [6.45, 7) is 3.80. The van der Waals surface area contributed by atoms with Crippen LogP contribution in [0.1, 0.15) is 12.5 Å². The predicted molar refractivity (Wildman–Crippen MR) is 124 cm³/mol. The second-order valence-electron chi connectivity index (χ2n) is 8.00. The summed E-state index contributed by atoms with van der Waals surface area (Å²) in [5.41, 5.74) is 10.3. The van der Waals surface area contributed by atoms with E-state index in [4.69, 9.17) is 15.2 Å². The van der Waals surface area contributed by atoms with Gasteiger partial charge in [-0.15, -0.1) is 0 Å². The number of rotatable bonds is 8. The van der Waals surface area contributed by atoms with Crippen LogP contribution in [0.2, 0.25) is 0 Å². The summed E-state index contributed by atoms with van der Waals surface area (Å²) in [7, 11) is 4.07. The lowest BCUT2D eigenvalue weighted by Crippen LogP contribution is -2.30. The van der Waals surface area contributed by atoms with Gasteiger partial charge in [0.05, 0.1) is 5.69 Å². The molecule has 0 radical (unpaired) electrons.